The Labute approximate surface area is 231 Å². The number of aromatic nitrogens is 1. The van der Waals surface area contributed by atoms with E-state index in [9.17, 15) is 9.59 Å². The van der Waals surface area contributed by atoms with E-state index < -0.39 is 5.92 Å². The molecule has 1 unspecified atom stereocenters. The molecule has 1 aliphatic heterocycles. The van der Waals surface area contributed by atoms with Crippen molar-refractivity contribution < 1.29 is 4.79 Å². The predicted molar refractivity (Wildman–Crippen MR) is 155 cm³/mol. The zero-order valence-electron chi connectivity index (χ0n) is 19.2. The molecule has 4 N–H and O–H groups in total. The normalized spacial score (nSPS) is 15.6. The maximum atomic E-state index is 14.1. The Morgan fingerprint density at radius 3 is 2.11 bits per heavy atom. The first-order valence-corrected chi connectivity index (χ1v) is 13.1. The monoisotopic (exact) mass is 563 g/mol. The van der Waals surface area contributed by atoms with E-state index in [0.717, 1.165) is 11.1 Å². The van der Waals surface area contributed by atoms with Crippen molar-refractivity contribution in [2.75, 3.05) is 0 Å². The molecule has 4 aromatic rings. The summed E-state index contributed by atoms with van der Waals surface area (Å²) in [6.45, 7) is 0. The van der Waals surface area contributed by atoms with Crippen LogP contribution in [0.3, 0.4) is 0 Å². The number of thiocarbonyl (C=S) groups is 1. The van der Waals surface area contributed by atoms with Crippen LogP contribution in [-0.2, 0) is 0 Å². The minimum absolute atomic E-state index is 0.00259. The molecular formula is C28H19Cl2N3O2S2. The molecule has 0 radical (unpaired) electrons. The summed E-state index contributed by atoms with van der Waals surface area (Å²) in [6.07, 6.45) is 1.74. The lowest BCUT2D eigenvalue weighted by atomic mass is 9.80. The van der Waals surface area contributed by atoms with Crippen LogP contribution >= 0.6 is 46.8 Å². The molecule has 0 amide bonds. The number of rotatable bonds is 5. The fourth-order valence-electron chi connectivity index (χ4n) is 4.36. The van der Waals surface area contributed by atoms with Crippen LogP contribution in [0.5, 0.6) is 0 Å². The van der Waals surface area contributed by atoms with E-state index >= 15 is 0 Å². The van der Waals surface area contributed by atoms with E-state index in [2.05, 4.69) is 0 Å². The third-order valence-electron chi connectivity index (χ3n) is 6.07. The van der Waals surface area contributed by atoms with Crippen LogP contribution in [0.1, 0.15) is 27.4 Å². The topological polar surface area (TPSA) is 91.1 Å². The van der Waals surface area contributed by atoms with Crippen molar-refractivity contribution in [3.63, 3.8) is 0 Å². The number of hydrogen-bond donors (Lipinski definition) is 2. The smallest absolute Gasteiger partial charge is 0.274 e. The van der Waals surface area contributed by atoms with Crippen molar-refractivity contribution in [1.82, 2.24) is 4.57 Å². The van der Waals surface area contributed by atoms with Crippen LogP contribution in [0.25, 0.3) is 17.5 Å². The number of fused-ring (bicyclic) bond motifs is 1. The van der Waals surface area contributed by atoms with Gasteiger partial charge in [0.25, 0.3) is 5.56 Å². The molecule has 0 fully saturated rings. The molecule has 184 valence electrons. The van der Waals surface area contributed by atoms with Crippen LogP contribution in [0.4, 0.5) is 0 Å². The molecule has 0 saturated heterocycles. The Hall–Kier alpha value is -3.49. The Balaban J connectivity index is 1.89. The van der Waals surface area contributed by atoms with Crippen molar-refractivity contribution in [2.45, 2.75) is 5.92 Å². The minimum Gasteiger partial charge on any atom is -0.390 e. The molecule has 1 aliphatic rings. The standard InChI is InChI=1S/C28H19Cl2N3O2S2/c29-18-10-6-15(7-11-18)14-20-27(35)33-25(31)23(26(32)36)21(16-8-12-19(30)13-9-16)22(28(33)37-20)24(34)17-4-2-1-3-5-17/h1-14,21H,31H2,(H2,32,36). The first kappa shape index (κ1) is 25.2. The van der Waals surface area contributed by atoms with E-state index in [1.165, 1.54) is 15.9 Å². The van der Waals surface area contributed by atoms with Gasteiger partial charge in [0.15, 0.2) is 5.78 Å². The molecule has 5 nitrogen and oxygen atoms in total. The maximum absolute atomic E-state index is 14.1. The number of nitrogens with two attached hydrogens (primary N) is 2. The van der Waals surface area contributed by atoms with Crippen LogP contribution in [-0.4, -0.2) is 15.3 Å². The zero-order chi connectivity index (χ0) is 26.3. The lowest BCUT2D eigenvalue weighted by Gasteiger charge is -2.28. The van der Waals surface area contributed by atoms with Gasteiger partial charge in [-0.3, -0.25) is 14.2 Å². The highest BCUT2D eigenvalue weighted by Crippen LogP contribution is 2.38. The van der Waals surface area contributed by atoms with Gasteiger partial charge in [0, 0.05) is 32.7 Å². The summed E-state index contributed by atoms with van der Waals surface area (Å²) in [5.41, 5.74) is 15.1. The Morgan fingerprint density at radius 1 is 0.919 bits per heavy atom. The highest BCUT2D eigenvalue weighted by molar-refractivity contribution is 7.80. The summed E-state index contributed by atoms with van der Waals surface area (Å²) in [7, 11) is 0. The van der Waals surface area contributed by atoms with Gasteiger partial charge in [0.05, 0.1) is 4.53 Å². The first-order valence-electron chi connectivity index (χ1n) is 11.1. The Kier molecular flexibility index (Phi) is 6.88. The molecule has 1 aromatic heterocycles. The lowest BCUT2D eigenvalue weighted by Crippen LogP contribution is -2.42. The fourth-order valence-corrected chi connectivity index (χ4v) is 6.01. The van der Waals surface area contributed by atoms with E-state index in [0.29, 0.717) is 36.0 Å². The van der Waals surface area contributed by atoms with Crippen molar-refractivity contribution in [1.29, 1.82) is 0 Å². The quantitative estimate of drug-likeness (QED) is 0.279. The van der Waals surface area contributed by atoms with Gasteiger partial charge in [-0.15, -0.1) is 11.3 Å². The molecule has 0 bridgehead atoms. The van der Waals surface area contributed by atoms with Crippen LogP contribution in [0.15, 0.2) is 89.2 Å². The molecule has 0 aliphatic carbocycles. The second-order valence-electron chi connectivity index (χ2n) is 8.36. The molecule has 1 atom stereocenters. The molecule has 0 spiro atoms. The first-order chi connectivity index (χ1) is 17.8. The van der Waals surface area contributed by atoms with Gasteiger partial charge in [0.1, 0.15) is 15.5 Å². The fraction of sp³-hybridized carbons (Fsp3) is 0.0357. The van der Waals surface area contributed by atoms with Gasteiger partial charge in [-0.2, -0.15) is 0 Å². The Morgan fingerprint density at radius 2 is 1.51 bits per heavy atom. The van der Waals surface area contributed by atoms with Crippen molar-refractivity contribution in [3.05, 3.63) is 131 Å². The lowest BCUT2D eigenvalue weighted by molar-refractivity contribution is 0.105. The van der Waals surface area contributed by atoms with Crippen molar-refractivity contribution in [3.8, 4) is 0 Å². The third kappa shape index (κ3) is 4.67. The van der Waals surface area contributed by atoms with Gasteiger partial charge >= 0.3 is 0 Å². The number of carbonyl (C=O) groups is 1. The molecule has 9 heteroatoms. The summed E-state index contributed by atoms with van der Waals surface area (Å²) in [4.78, 5) is 27.7. The number of nitrogens with zero attached hydrogens (tertiary/aromatic N) is 1. The number of thiazole rings is 1. The van der Waals surface area contributed by atoms with Crippen molar-refractivity contribution >= 4 is 75.0 Å². The van der Waals surface area contributed by atoms with Gasteiger partial charge < -0.3 is 11.5 Å². The minimum atomic E-state index is -0.691. The van der Waals surface area contributed by atoms with E-state index in [1.54, 1.807) is 78.9 Å². The number of carbonyl (C=O) groups excluding carboxylic acids is 1. The van der Waals surface area contributed by atoms with Crippen LogP contribution in [0, 0.1) is 0 Å². The highest BCUT2D eigenvalue weighted by Gasteiger charge is 2.36. The van der Waals surface area contributed by atoms with Crippen LogP contribution < -0.4 is 26.2 Å². The summed E-state index contributed by atoms with van der Waals surface area (Å²) >= 11 is 18.8. The highest BCUT2D eigenvalue weighted by atomic mass is 35.5. The summed E-state index contributed by atoms with van der Waals surface area (Å²) in [5, 5.41) is 1.12. The molecular weight excluding hydrogens is 545 g/mol. The third-order valence-corrected chi connectivity index (χ3v) is 7.90. The molecule has 0 saturated carbocycles. The Bertz CT molecular complexity index is 1760. The predicted octanol–water partition coefficient (Wildman–Crippen LogP) is 4.29. The summed E-state index contributed by atoms with van der Waals surface area (Å²) < 4.78 is 2.16. The maximum Gasteiger partial charge on any atom is 0.274 e. The van der Waals surface area contributed by atoms with Crippen molar-refractivity contribution in [2.24, 2.45) is 11.5 Å². The molecule has 5 rings (SSSR count). The van der Waals surface area contributed by atoms with Gasteiger partial charge in [0.2, 0.25) is 0 Å². The second kappa shape index (κ2) is 10.1. The van der Waals surface area contributed by atoms with E-state index in [-0.39, 0.29) is 22.2 Å². The number of hydrogen-bond acceptors (Lipinski definition) is 5. The zero-order valence-corrected chi connectivity index (χ0v) is 22.3. The number of ketones is 1. The molecule has 2 heterocycles. The molecule has 3 aromatic carbocycles. The average Bonchev–Trinajstić information content (AvgIpc) is 3.21. The van der Waals surface area contributed by atoms with E-state index in [1.807, 2.05) is 6.07 Å². The number of benzene rings is 3. The van der Waals surface area contributed by atoms with Gasteiger partial charge in [-0.25, -0.2) is 0 Å². The largest absolute Gasteiger partial charge is 0.390 e. The summed E-state index contributed by atoms with van der Waals surface area (Å²) in [5.74, 6) is -0.845. The second-order valence-corrected chi connectivity index (χ2v) is 10.7. The van der Waals surface area contributed by atoms with Crippen LogP contribution in [0.2, 0.25) is 10.0 Å². The average molecular weight is 565 g/mol. The SMILES string of the molecule is NC(=S)C1=C(N)n2c(sc(=Cc3ccc(Cl)cc3)c2=O)=C(C(=O)c2ccccc2)C1c1ccc(Cl)cc1. The van der Waals surface area contributed by atoms with Gasteiger partial charge in [-0.1, -0.05) is 90.0 Å². The summed E-state index contributed by atoms with van der Waals surface area (Å²) in [6, 6.07) is 23.0. The van der Waals surface area contributed by atoms with Gasteiger partial charge in [-0.05, 0) is 41.5 Å². The number of halogens is 2. The van der Waals surface area contributed by atoms with E-state index in [4.69, 9.17) is 46.9 Å². The molecule has 37 heavy (non-hydrogen) atoms. The number of Topliss-reactive ketones (excluding diaryl/α,β-unsaturated/α-hetero) is 1.